The Morgan fingerprint density at radius 1 is 1.25 bits per heavy atom. The van der Waals surface area contributed by atoms with Gasteiger partial charge >= 0.3 is 0 Å². The number of hydrogen-bond donors (Lipinski definition) is 1. The Balaban J connectivity index is 2.02. The minimum Gasteiger partial charge on any atom is -0.480 e. The molecule has 0 fully saturated rings. The molecule has 0 spiro atoms. The summed E-state index contributed by atoms with van der Waals surface area (Å²) in [6.45, 7) is 3.12. The fourth-order valence-corrected chi connectivity index (χ4v) is 2.29. The smallest absolute Gasteiger partial charge is 0.261 e. The number of carbonyl (C=O) groups is 2. The van der Waals surface area contributed by atoms with E-state index in [0.29, 0.717) is 5.02 Å². The SMILES string of the molecule is CC(=O)c1cc(F)ccc1O[C@@H](C)C(=O)NCc1ccccc1Cl. The molecule has 1 N–H and O–H groups in total. The fourth-order valence-electron chi connectivity index (χ4n) is 2.09. The van der Waals surface area contributed by atoms with E-state index in [2.05, 4.69) is 5.32 Å². The summed E-state index contributed by atoms with van der Waals surface area (Å²) in [6.07, 6.45) is -0.851. The summed E-state index contributed by atoms with van der Waals surface area (Å²) >= 11 is 6.03. The lowest BCUT2D eigenvalue weighted by atomic mass is 10.1. The first-order valence-corrected chi connectivity index (χ1v) is 7.74. The van der Waals surface area contributed by atoms with Gasteiger partial charge in [-0.3, -0.25) is 9.59 Å². The second-order valence-electron chi connectivity index (χ2n) is 5.27. The van der Waals surface area contributed by atoms with Gasteiger partial charge in [-0.1, -0.05) is 29.8 Å². The van der Waals surface area contributed by atoms with E-state index in [1.54, 1.807) is 19.1 Å². The molecule has 2 aromatic carbocycles. The van der Waals surface area contributed by atoms with Crippen molar-refractivity contribution in [3.05, 3.63) is 64.4 Å². The first-order valence-electron chi connectivity index (χ1n) is 7.36. The predicted molar refractivity (Wildman–Crippen MR) is 89.8 cm³/mol. The van der Waals surface area contributed by atoms with Crippen molar-refractivity contribution in [1.82, 2.24) is 5.32 Å². The highest BCUT2D eigenvalue weighted by Gasteiger charge is 2.18. The van der Waals surface area contributed by atoms with Gasteiger partial charge in [-0.05, 0) is 43.7 Å². The second-order valence-corrected chi connectivity index (χ2v) is 5.67. The lowest BCUT2D eigenvalue weighted by molar-refractivity contribution is -0.127. The lowest BCUT2D eigenvalue weighted by Gasteiger charge is -2.17. The van der Waals surface area contributed by atoms with E-state index in [1.165, 1.54) is 19.1 Å². The van der Waals surface area contributed by atoms with Crippen LogP contribution in [0.3, 0.4) is 0 Å². The third kappa shape index (κ3) is 4.55. The van der Waals surface area contributed by atoms with Crippen LogP contribution >= 0.6 is 11.6 Å². The van der Waals surface area contributed by atoms with E-state index in [1.807, 2.05) is 12.1 Å². The summed E-state index contributed by atoms with van der Waals surface area (Å²) in [7, 11) is 0. The number of carbonyl (C=O) groups excluding carboxylic acids is 2. The molecule has 1 atom stereocenters. The van der Waals surface area contributed by atoms with Crippen molar-refractivity contribution in [3.8, 4) is 5.75 Å². The van der Waals surface area contributed by atoms with Crippen LogP contribution in [-0.4, -0.2) is 17.8 Å². The molecule has 0 saturated carbocycles. The minimum absolute atomic E-state index is 0.0979. The summed E-state index contributed by atoms with van der Waals surface area (Å²) in [5.41, 5.74) is 0.881. The number of rotatable bonds is 6. The third-order valence-corrected chi connectivity index (χ3v) is 3.77. The zero-order valence-corrected chi connectivity index (χ0v) is 14.1. The van der Waals surface area contributed by atoms with Crippen molar-refractivity contribution in [1.29, 1.82) is 0 Å². The van der Waals surface area contributed by atoms with Crippen LogP contribution < -0.4 is 10.1 Å². The van der Waals surface area contributed by atoms with Crippen LogP contribution in [0.1, 0.15) is 29.8 Å². The van der Waals surface area contributed by atoms with Gasteiger partial charge in [-0.15, -0.1) is 0 Å². The molecule has 0 radical (unpaired) electrons. The highest BCUT2D eigenvalue weighted by Crippen LogP contribution is 2.22. The van der Waals surface area contributed by atoms with Crippen LogP contribution in [0, 0.1) is 5.82 Å². The van der Waals surface area contributed by atoms with E-state index in [9.17, 15) is 14.0 Å². The Kier molecular flexibility index (Phi) is 5.93. The summed E-state index contributed by atoms with van der Waals surface area (Å²) < 4.78 is 18.8. The zero-order valence-electron chi connectivity index (χ0n) is 13.3. The molecule has 0 aliphatic carbocycles. The van der Waals surface area contributed by atoms with Crippen molar-refractivity contribution in [2.24, 2.45) is 0 Å². The molecule has 0 saturated heterocycles. The Morgan fingerprint density at radius 3 is 2.62 bits per heavy atom. The molecule has 2 rings (SSSR count). The van der Waals surface area contributed by atoms with Gasteiger partial charge in [0.25, 0.3) is 5.91 Å². The van der Waals surface area contributed by atoms with Crippen LogP contribution in [0.5, 0.6) is 5.75 Å². The highest BCUT2D eigenvalue weighted by atomic mass is 35.5. The average molecular weight is 350 g/mol. The molecule has 6 heteroatoms. The average Bonchev–Trinajstić information content (AvgIpc) is 2.55. The number of amides is 1. The Labute approximate surface area is 144 Å². The van der Waals surface area contributed by atoms with E-state index >= 15 is 0 Å². The van der Waals surface area contributed by atoms with E-state index in [0.717, 1.165) is 11.6 Å². The van der Waals surface area contributed by atoms with Gasteiger partial charge in [-0.2, -0.15) is 0 Å². The Bertz CT molecular complexity index is 764. The van der Waals surface area contributed by atoms with Gasteiger partial charge in [0, 0.05) is 11.6 Å². The van der Waals surface area contributed by atoms with Crippen molar-refractivity contribution < 1.29 is 18.7 Å². The highest BCUT2D eigenvalue weighted by molar-refractivity contribution is 6.31. The van der Waals surface area contributed by atoms with Gasteiger partial charge in [0.15, 0.2) is 11.9 Å². The molecule has 126 valence electrons. The predicted octanol–water partition coefficient (Wildman–Crippen LogP) is 3.77. The van der Waals surface area contributed by atoms with Gasteiger partial charge in [0.1, 0.15) is 11.6 Å². The maximum atomic E-state index is 13.3. The molecular formula is C18H17ClFNO3. The fraction of sp³-hybridized carbons (Fsp3) is 0.222. The summed E-state index contributed by atoms with van der Waals surface area (Å²) in [4.78, 5) is 23.7. The van der Waals surface area contributed by atoms with Crippen LogP contribution in [0.2, 0.25) is 5.02 Å². The Morgan fingerprint density at radius 2 is 1.96 bits per heavy atom. The van der Waals surface area contributed by atoms with Crippen molar-refractivity contribution in [2.75, 3.05) is 0 Å². The van der Waals surface area contributed by atoms with Crippen LogP contribution in [0.4, 0.5) is 4.39 Å². The molecule has 4 nitrogen and oxygen atoms in total. The van der Waals surface area contributed by atoms with Crippen LogP contribution in [-0.2, 0) is 11.3 Å². The molecule has 0 aliphatic heterocycles. The molecule has 0 heterocycles. The first kappa shape index (κ1) is 17.9. The monoisotopic (exact) mass is 349 g/mol. The van der Waals surface area contributed by atoms with Gasteiger partial charge < -0.3 is 10.1 Å². The van der Waals surface area contributed by atoms with Crippen molar-refractivity contribution >= 4 is 23.3 Å². The maximum Gasteiger partial charge on any atom is 0.261 e. The quantitative estimate of drug-likeness (QED) is 0.808. The number of Topliss-reactive ketones (excluding diaryl/α,β-unsaturated/α-hetero) is 1. The second kappa shape index (κ2) is 7.93. The summed E-state index contributed by atoms with van der Waals surface area (Å²) in [5, 5.41) is 3.27. The normalized spacial score (nSPS) is 11.7. The minimum atomic E-state index is -0.851. The first-order chi connectivity index (χ1) is 11.4. The van der Waals surface area contributed by atoms with Crippen molar-refractivity contribution in [2.45, 2.75) is 26.5 Å². The van der Waals surface area contributed by atoms with Gasteiger partial charge in [0.2, 0.25) is 0 Å². The van der Waals surface area contributed by atoms with E-state index < -0.39 is 11.9 Å². The molecule has 0 aromatic heterocycles. The number of hydrogen-bond acceptors (Lipinski definition) is 3. The molecule has 0 bridgehead atoms. The zero-order chi connectivity index (χ0) is 17.7. The molecular weight excluding hydrogens is 333 g/mol. The van der Waals surface area contributed by atoms with Crippen molar-refractivity contribution in [3.63, 3.8) is 0 Å². The lowest BCUT2D eigenvalue weighted by Crippen LogP contribution is -2.36. The topological polar surface area (TPSA) is 55.4 Å². The number of halogens is 2. The Hall–Kier alpha value is -2.40. The third-order valence-electron chi connectivity index (χ3n) is 3.40. The maximum absolute atomic E-state index is 13.3. The molecule has 0 aliphatic rings. The number of benzene rings is 2. The molecule has 24 heavy (non-hydrogen) atoms. The largest absolute Gasteiger partial charge is 0.480 e. The summed E-state index contributed by atoms with van der Waals surface area (Å²) in [6, 6.07) is 10.8. The summed E-state index contributed by atoms with van der Waals surface area (Å²) in [5.74, 6) is -1.07. The number of nitrogens with one attached hydrogen (secondary N) is 1. The molecule has 1 amide bonds. The van der Waals surface area contributed by atoms with Crippen LogP contribution in [0.15, 0.2) is 42.5 Å². The van der Waals surface area contributed by atoms with Crippen LogP contribution in [0.25, 0.3) is 0 Å². The number of ether oxygens (including phenoxy) is 1. The molecule has 2 aromatic rings. The van der Waals surface area contributed by atoms with Gasteiger partial charge in [-0.25, -0.2) is 4.39 Å². The standard InChI is InChI=1S/C18H17ClFNO3/c1-11(22)15-9-14(20)7-8-17(15)24-12(2)18(23)21-10-13-5-3-4-6-16(13)19/h3-9,12H,10H2,1-2H3,(H,21,23)/t12-/m0/s1. The van der Waals surface area contributed by atoms with E-state index in [-0.39, 0.29) is 29.5 Å². The molecule has 0 unspecified atom stereocenters. The van der Waals surface area contributed by atoms with Gasteiger partial charge in [0.05, 0.1) is 5.56 Å². The van der Waals surface area contributed by atoms with E-state index in [4.69, 9.17) is 16.3 Å². The number of ketones is 1.